The van der Waals surface area contributed by atoms with Crippen molar-refractivity contribution in [2.45, 2.75) is 64.7 Å². The van der Waals surface area contributed by atoms with Gasteiger partial charge in [0.05, 0.1) is 5.41 Å². The average Bonchev–Trinajstić information content (AvgIpc) is 2.70. The number of hydrogen-bond donors (Lipinski definition) is 3. The highest BCUT2D eigenvalue weighted by Gasteiger charge is 2.40. The Kier molecular flexibility index (Phi) is 7.72. The van der Waals surface area contributed by atoms with Gasteiger partial charge in [0.1, 0.15) is 0 Å². The molecule has 21 heavy (non-hydrogen) atoms. The van der Waals surface area contributed by atoms with Crippen LogP contribution in [0.4, 0.5) is 0 Å². The second-order valence-electron chi connectivity index (χ2n) is 6.27. The molecule has 0 aromatic carbocycles. The summed E-state index contributed by atoms with van der Waals surface area (Å²) < 4.78 is 0. The molecule has 0 radical (unpaired) electrons. The molecule has 1 aliphatic rings. The minimum absolute atomic E-state index is 0.0812. The zero-order valence-corrected chi connectivity index (χ0v) is 13.1. The third-order valence-electron chi connectivity index (χ3n) is 4.72. The van der Waals surface area contributed by atoms with Crippen LogP contribution >= 0.6 is 0 Å². The Hall–Kier alpha value is -1.10. The lowest BCUT2D eigenvalue weighted by Crippen LogP contribution is -2.39. The number of hydrogen-bond acceptors (Lipinski definition) is 3. The summed E-state index contributed by atoms with van der Waals surface area (Å²) in [5.41, 5.74) is -0.876. The Balaban J connectivity index is 2.54. The molecular weight excluding hydrogens is 270 g/mol. The Bertz CT molecular complexity index is 335. The third kappa shape index (κ3) is 5.65. The van der Waals surface area contributed by atoms with E-state index in [0.29, 0.717) is 25.8 Å². The normalized spacial score (nSPS) is 19.5. The summed E-state index contributed by atoms with van der Waals surface area (Å²) in [7, 11) is 0. The van der Waals surface area contributed by atoms with Crippen molar-refractivity contribution in [3.05, 3.63) is 0 Å². The maximum atomic E-state index is 12.1. The van der Waals surface area contributed by atoms with Crippen molar-refractivity contribution in [2.75, 3.05) is 13.2 Å². The van der Waals surface area contributed by atoms with E-state index in [1.807, 2.05) is 6.92 Å². The Morgan fingerprint density at radius 3 is 2.29 bits per heavy atom. The molecule has 3 N–H and O–H groups in total. The number of carbonyl (C=O) groups excluding carboxylic acids is 1. The SMILES string of the molecule is CCC(CCO)CNC(=O)CC1(C(=O)O)CCCCCC1. The van der Waals surface area contributed by atoms with E-state index in [9.17, 15) is 14.7 Å². The van der Waals surface area contributed by atoms with Crippen LogP contribution in [0.1, 0.15) is 64.7 Å². The van der Waals surface area contributed by atoms with E-state index in [1.165, 1.54) is 0 Å². The van der Waals surface area contributed by atoms with Gasteiger partial charge in [-0.2, -0.15) is 0 Å². The molecule has 5 nitrogen and oxygen atoms in total. The number of rotatable bonds is 8. The molecule has 1 saturated carbocycles. The first-order chi connectivity index (χ1) is 10.0. The first-order valence-corrected chi connectivity index (χ1v) is 8.15. The summed E-state index contributed by atoms with van der Waals surface area (Å²) in [5.74, 6) is -0.744. The Morgan fingerprint density at radius 1 is 1.19 bits per heavy atom. The number of amides is 1. The van der Waals surface area contributed by atoms with Gasteiger partial charge in [0.2, 0.25) is 5.91 Å². The highest BCUT2D eigenvalue weighted by molar-refractivity contribution is 5.85. The Labute approximate surface area is 127 Å². The predicted octanol–water partition coefficient (Wildman–Crippen LogP) is 2.33. The number of aliphatic carboxylic acids is 1. The van der Waals surface area contributed by atoms with E-state index >= 15 is 0 Å². The maximum Gasteiger partial charge on any atom is 0.310 e. The summed E-state index contributed by atoms with van der Waals surface area (Å²) in [6.45, 7) is 2.66. The van der Waals surface area contributed by atoms with Crippen LogP contribution in [0, 0.1) is 11.3 Å². The molecule has 122 valence electrons. The molecular formula is C16H29NO4. The van der Waals surface area contributed by atoms with Crippen LogP contribution < -0.4 is 5.32 Å². The Morgan fingerprint density at radius 2 is 1.81 bits per heavy atom. The van der Waals surface area contributed by atoms with Crippen LogP contribution in [-0.2, 0) is 9.59 Å². The molecule has 0 saturated heterocycles. The van der Waals surface area contributed by atoms with Crippen LogP contribution in [0.25, 0.3) is 0 Å². The monoisotopic (exact) mass is 299 g/mol. The predicted molar refractivity (Wildman–Crippen MR) is 80.9 cm³/mol. The minimum Gasteiger partial charge on any atom is -0.481 e. The second-order valence-corrected chi connectivity index (χ2v) is 6.27. The van der Waals surface area contributed by atoms with E-state index in [-0.39, 0.29) is 24.9 Å². The molecule has 1 rings (SSSR count). The number of carboxylic acids is 1. The number of aliphatic hydroxyl groups excluding tert-OH is 1. The van der Waals surface area contributed by atoms with E-state index in [1.54, 1.807) is 0 Å². The zero-order chi connectivity index (χ0) is 15.7. The van der Waals surface area contributed by atoms with Gasteiger partial charge in [0.15, 0.2) is 0 Å². The van der Waals surface area contributed by atoms with Crippen molar-refractivity contribution in [3.8, 4) is 0 Å². The smallest absolute Gasteiger partial charge is 0.310 e. The van der Waals surface area contributed by atoms with Crippen LogP contribution in [0.3, 0.4) is 0 Å². The van der Waals surface area contributed by atoms with Crippen molar-refractivity contribution in [3.63, 3.8) is 0 Å². The summed E-state index contributed by atoms with van der Waals surface area (Å²) in [6.07, 6.45) is 6.75. The quantitative estimate of drug-likeness (QED) is 0.600. The zero-order valence-electron chi connectivity index (χ0n) is 13.1. The largest absolute Gasteiger partial charge is 0.481 e. The molecule has 1 unspecified atom stereocenters. The summed E-state index contributed by atoms with van der Waals surface area (Å²) in [5, 5.41) is 21.4. The third-order valence-corrected chi connectivity index (χ3v) is 4.72. The van der Waals surface area contributed by atoms with Gasteiger partial charge in [0.25, 0.3) is 0 Å². The number of carboxylic acid groups (broad SMARTS) is 1. The van der Waals surface area contributed by atoms with Gasteiger partial charge < -0.3 is 15.5 Å². The average molecular weight is 299 g/mol. The number of aliphatic hydroxyl groups is 1. The fourth-order valence-corrected chi connectivity index (χ4v) is 3.13. The van der Waals surface area contributed by atoms with Gasteiger partial charge in [-0.1, -0.05) is 39.0 Å². The van der Waals surface area contributed by atoms with E-state index < -0.39 is 11.4 Å². The molecule has 0 bridgehead atoms. The molecule has 1 atom stereocenters. The van der Waals surface area contributed by atoms with Crippen LogP contribution in [-0.4, -0.2) is 35.2 Å². The molecule has 5 heteroatoms. The lowest BCUT2D eigenvalue weighted by atomic mass is 9.77. The molecule has 0 aromatic heterocycles. The molecule has 1 amide bonds. The van der Waals surface area contributed by atoms with E-state index in [2.05, 4.69) is 5.32 Å². The van der Waals surface area contributed by atoms with Gasteiger partial charge in [-0.05, 0) is 25.2 Å². The van der Waals surface area contributed by atoms with E-state index in [0.717, 1.165) is 32.1 Å². The maximum absolute atomic E-state index is 12.1. The van der Waals surface area contributed by atoms with Crippen molar-refractivity contribution in [1.82, 2.24) is 5.32 Å². The highest BCUT2D eigenvalue weighted by atomic mass is 16.4. The number of carbonyl (C=O) groups is 2. The molecule has 0 heterocycles. The molecule has 1 fully saturated rings. The van der Waals surface area contributed by atoms with Crippen molar-refractivity contribution in [2.24, 2.45) is 11.3 Å². The van der Waals surface area contributed by atoms with Crippen molar-refractivity contribution >= 4 is 11.9 Å². The van der Waals surface area contributed by atoms with Gasteiger partial charge in [-0.3, -0.25) is 9.59 Å². The minimum atomic E-state index is -0.876. The first-order valence-electron chi connectivity index (χ1n) is 8.15. The molecule has 0 aliphatic heterocycles. The summed E-state index contributed by atoms with van der Waals surface area (Å²) in [4.78, 5) is 23.8. The summed E-state index contributed by atoms with van der Waals surface area (Å²) >= 11 is 0. The fourth-order valence-electron chi connectivity index (χ4n) is 3.13. The second kappa shape index (κ2) is 9.03. The van der Waals surface area contributed by atoms with Crippen molar-refractivity contribution in [1.29, 1.82) is 0 Å². The standard InChI is InChI=1S/C16H29NO4/c1-2-13(7-10-18)12-17-14(19)11-16(15(20)21)8-5-3-4-6-9-16/h13,18H,2-12H2,1H3,(H,17,19)(H,20,21). The van der Waals surface area contributed by atoms with Gasteiger partial charge >= 0.3 is 5.97 Å². The lowest BCUT2D eigenvalue weighted by molar-refractivity contribution is -0.152. The van der Waals surface area contributed by atoms with E-state index in [4.69, 9.17) is 5.11 Å². The molecule has 0 aromatic rings. The van der Waals surface area contributed by atoms with Gasteiger partial charge in [0, 0.05) is 19.6 Å². The van der Waals surface area contributed by atoms with Gasteiger partial charge in [-0.15, -0.1) is 0 Å². The molecule has 1 aliphatic carbocycles. The summed E-state index contributed by atoms with van der Waals surface area (Å²) in [6, 6.07) is 0. The fraction of sp³-hybridized carbons (Fsp3) is 0.875. The van der Waals surface area contributed by atoms with Gasteiger partial charge in [-0.25, -0.2) is 0 Å². The highest BCUT2D eigenvalue weighted by Crippen LogP contribution is 2.38. The van der Waals surface area contributed by atoms with Crippen LogP contribution in [0.2, 0.25) is 0 Å². The topological polar surface area (TPSA) is 86.6 Å². The van der Waals surface area contributed by atoms with Crippen molar-refractivity contribution < 1.29 is 19.8 Å². The van der Waals surface area contributed by atoms with Crippen LogP contribution in [0.15, 0.2) is 0 Å². The molecule has 0 spiro atoms. The lowest BCUT2D eigenvalue weighted by Gasteiger charge is -2.27. The number of nitrogens with one attached hydrogen (secondary N) is 1. The first kappa shape index (κ1) is 18.0. The van der Waals surface area contributed by atoms with Crippen LogP contribution in [0.5, 0.6) is 0 Å².